The molecule has 1 N–H and O–H groups in total. The van der Waals surface area contributed by atoms with Crippen molar-refractivity contribution in [3.05, 3.63) is 64.0 Å². The molecule has 5 nitrogen and oxygen atoms in total. The summed E-state index contributed by atoms with van der Waals surface area (Å²) in [6.45, 7) is 7.98. The Balaban J connectivity index is 2.27. The summed E-state index contributed by atoms with van der Waals surface area (Å²) >= 11 is 0. The highest BCUT2D eigenvalue weighted by Gasteiger charge is 2.19. The Morgan fingerprint density at radius 1 is 1.31 bits per heavy atom. The van der Waals surface area contributed by atoms with Crippen LogP contribution in [0.2, 0.25) is 0 Å². The number of methoxy groups -OCH3 is 1. The van der Waals surface area contributed by atoms with Gasteiger partial charge in [0.05, 0.1) is 18.7 Å². The molecule has 2 unspecified atom stereocenters. The van der Waals surface area contributed by atoms with Crippen LogP contribution in [0.1, 0.15) is 48.4 Å². The number of nitriles is 1. The lowest BCUT2D eigenvalue weighted by atomic mass is 10.1. The van der Waals surface area contributed by atoms with Crippen LogP contribution in [0.4, 0.5) is 8.78 Å². The second-order valence-electron chi connectivity index (χ2n) is 7.03. The molecule has 1 aromatic carbocycles. The summed E-state index contributed by atoms with van der Waals surface area (Å²) in [7, 11) is 1.63. The van der Waals surface area contributed by atoms with E-state index in [1.54, 1.807) is 14.0 Å². The monoisotopic (exact) mass is 401 g/mol. The first-order valence-electron chi connectivity index (χ1n) is 9.24. The minimum absolute atomic E-state index is 0.0981. The number of aromatic nitrogens is 1. The van der Waals surface area contributed by atoms with Gasteiger partial charge in [-0.2, -0.15) is 5.26 Å². The summed E-state index contributed by atoms with van der Waals surface area (Å²) in [5.74, 6) is -2.07. The molecule has 0 fully saturated rings. The molecule has 0 aliphatic carbocycles. The maximum absolute atomic E-state index is 13.9. The van der Waals surface area contributed by atoms with Crippen molar-refractivity contribution in [3.63, 3.8) is 0 Å². The number of carbonyl (C=O) groups excluding carboxylic acids is 1. The van der Waals surface area contributed by atoms with Crippen molar-refractivity contribution in [1.29, 1.82) is 5.26 Å². The van der Waals surface area contributed by atoms with Gasteiger partial charge in [0.25, 0.3) is 5.91 Å². The normalized spacial score (nSPS) is 13.7. The Labute approximate surface area is 169 Å². The summed E-state index contributed by atoms with van der Waals surface area (Å²) in [4.78, 5) is 12.6. The van der Waals surface area contributed by atoms with Crippen LogP contribution in [0.15, 0.2) is 29.8 Å². The first-order valence-corrected chi connectivity index (χ1v) is 9.24. The van der Waals surface area contributed by atoms with Gasteiger partial charge in [-0.3, -0.25) is 4.79 Å². The predicted molar refractivity (Wildman–Crippen MR) is 107 cm³/mol. The highest BCUT2D eigenvalue weighted by Crippen LogP contribution is 2.23. The first kappa shape index (κ1) is 22.3. The van der Waals surface area contributed by atoms with E-state index in [1.165, 1.54) is 12.1 Å². The van der Waals surface area contributed by atoms with Gasteiger partial charge < -0.3 is 14.6 Å². The van der Waals surface area contributed by atoms with Crippen LogP contribution in [-0.2, 0) is 9.53 Å². The number of benzene rings is 1. The fourth-order valence-electron chi connectivity index (χ4n) is 3.45. The topological polar surface area (TPSA) is 67.0 Å². The number of amides is 1. The van der Waals surface area contributed by atoms with Crippen molar-refractivity contribution in [2.45, 2.75) is 39.8 Å². The van der Waals surface area contributed by atoms with Crippen LogP contribution in [0.3, 0.4) is 0 Å². The molecule has 7 heteroatoms. The summed E-state index contributed by atoms with van der Waals surface area (Å²) in [5, 5.41) is 12.1. The molecule has 0 bridgehead atoms. The van der Waals surface area contributed by atoms with Crippen molar-refractivity contribution < 1.29 is 18.3 Å². The summed E-state index contributed by atoms with van der Waals surface area (Å²) < 4.78 is 34.3. The molecule has 0 saturated heterocycles. The number of carbonyl (C=O) groups is 1. The third-order valence-corrected chi connectivity index (χ3v) is 4.81. The molecule has 0 aliphatic heterocycles. The lowest BCUT2D eigenvalue weighted by molar-refractivity contribution is -0.117. The molecule has 0 aliphatic rings. The number of nitrogens with zero attached hydrogens (tertiary/aromatic N) is 2. The van der Waals surface area contributed by atoms with E-state index < -0.39 is 23.6 Å². The maximum Gasteiger partial charge on any atom is 0.262 e. The number of halogens is 2. The van der Waals surface area contributed by atoms with Crippen LogP contribution < -0.4 is 5.32 Å². The van der Waals surface area contributed by atoms with Gasteiger partial charge in [-0.15, -0.1) is 0 Å². The molecule has 29 heavy (non-hydrogen) atoms. The van der Waals surface area contributed by atoms with Crippen LogP contribution >= 0.6 is 0 Å². The lowest BCUT2D eigenvalue weighted by Gasteiger charge is -2.17. The molecule has 2 rings (SSSR count). The Bertz CT molecular complexity index is 973. The van der Waals surface area contributed by atoms with E-state index in [4.69, 9.17) is 4.74 Å². The minimum atomic E-state index is -0.754. The molecule has 0 saturated carbocycles. The Hall–Kier alpha value is -2.98. The van der Waals surface area contributed by atoms with Crippen LogP contribution in [0.5, 0.6) is 0 Å². The molecule has 0 radical (unpaired) electrons. The zero-order valence-electron chi connectivity index (χ0n) is 17.2. The lowest BCUT2D eigenvalue weighted by Crippen LogP contribution is -2.28. The molecular weight excluding hydrogens is 376 g/mol. The smallest absolute Gasteiger partial charge is 0.262 e. The highest BCUT2D eigenvalue weighted by atomic mass is 19.1. The van der Waals surface area contributed by atoms with Crippen molar-refractivity contribution in [1.82, 2.24) is 9.88 Å². The highest BCUT2D eigenvalue weighted by molar-refractivity contribution is 6.02. The van der Waals surface area contributed by atoms with Gasteiger partial charge in [-0.1, -0.05) is 6.07 Å². The second kappa shape index (κ2) is 9.48. The maximum atomic E-state index is 13.9. The van der Waals surface area contributed by atoms with Crippen molar-refractivity contribution in [2.75, 3.05) is 13.7 Å². The van der Waals surface area contributed by atoms with E-state index >= 15 is 0 Å². The molecule has 1 heterocycles. The molecule has 154 valence electrons. The average molecular weight is 401 g/mol. The largest absolute Gasteiger partial charge is 0.383 e. The molecule has 2 aromatic rings. The van der Waals surface area contributed by atoms with Crippen molar-refractivity contribution >= 4 is 12.0 Å². The zero-order valence-corrected chi connectivity index (χ0v) is 17.2. The van der Waals surface area contributed by atoms with Crippen LogP contribution in [0.25, 0.3) is 6.08 Å². The van der Waals surface area contributed by atoms with Gasteiger partial charge in [0.2, 0.25) is 0 Å². The Morgan fingerprint density at radius 3 is 2.59 bits per heavy atom. The van der Waals surface area contributed by atoms with E-state index in [0.717, 1.165) is 29.1 Å². The van der Waals surface area contributed by atoms with E-state index in [1.807, 2.05) is 32.9 Å². The van der Waals surface area contributed by atoms with E-state index in [2.05, 4.69) is 9.88 Å². The standard InChI is InChI=1S/C22H25F2N3O2/c1-13-8-17(16(4)27(13)14(2)12-29-5)9-18(11-25)22(28)26-15(3)20-7-6-19(23)10-21(20)24/h6-10,14-15H,12H2,1-5H3,(H,26,28)/b18-9-. The third-order valence-electron chi connectivity index (χ3n) is 4.81. The van der Waals surface area contributed by atoms with E-state index in [-0.39, 0.29) is 17.2 Å². The van der Waals surface area contributed by atoms with Crippen LogP contribution in [-0.4, -0.2) is 24.2 Å². The third kappa shape index (κ3) is 5.09. The number of hydrogen-bond acceptors (Lipinski definition) is 3. The zero-order chi connectivity index (χ0) is 21.7. The van der Waals surface area contributed by atoms with Crippen molar-refractivity contribution in [3.8, 4) is 6.07 Å². The van der Waals surface area contributed by atoms with Gasteiger partial charge in [0.1, 0.15) is 23.3 Å². The molecule has 2 atom stereocenters. The SMILES string of the molecule is COCC(C)n1c(C)cc(/C=C(/C#N)C(=O)NC(C)c2ccc(F)cc2F)c1C. The molecule has 1 aromatic heterocycles. The van der Waals surface area contributed by atoms with E-state index in [0.29, 0.717) is 6.61 Å². The predicted octanol–water partition coefficient (Wildman–Crippen LogP) is 4.37. The summed E-state index contributed by atoms with van der Waals surface area (Å²) in [5.41, 5.74) is 2.68. The van der Waals surface area contributed by atoms with Gasteiger partial charge in [0, 0.05) is 30.1 Å². The van der Waals surface area contributed by atoms with Gasteiger partial charge in [0.15, 0.2) is 0 Å². The molecule has 1 amide bonds. The number of ether oxygens (including phenoxy) is 1. The van der Waals surface area contributed by atoms with Crippen molar-refractivity contribution in [2.24, 2.45) is 0 Å². The quantitative estimate of drug-likeness (QED) is 0.553. The Kier molecular flexibility index (Phi) is 7.29. The van der Waals surface area contributed by atoms with Crippen LogP contribution in [0, 0.1) is 36.8 Å². The minimum Gasteiger partial charge on any atom is -0.383 e. The van der Waals surface area contributed by atoms with Gasteiger partial charge >= 0.3 is 0 Å². The number of hydrogen-bond donors (Lipinski definition) is 1. The molecular formula is C22H25F2N3O2. The fourth-order valence-corrected chi connectivity index (χ4v) is 3.45. The first-order chi connectivity index (χ1) is 13.7. The molecule has 0 spiro atoms. The second-order valence-corrected chi connectivity index (χ2v) is 7.03. The number of rotatable bonds is 7. The van der Waals surface area contributed by atoms with E-state index in [9.17, 15) is 18.8 Å². The Morgan fingerprint density at radius 2 is 2.00 bits per heavy atom. The number of aryl methyl sites for hydroxylation is 1. The van der Waals surface area contributed by atoms with Gasteiger partial charge in [-0.05, 0) is 51.5 Å². The summed E-state index contributed by atoms with van der Waals surface area (Å²) in [6.07, 6.45) is 1.52. The average Bonchev–Trinajstić information content (AvgIpc) is 2.92. The fraction of sp³-hybridized carbons (Fsp3) is 0.364. The van der Waals surface area contributed by atoms with Gasteiger partial charge in [-0.25, -0.2) is 8.78 Å². The summed E-state index contributed by atoms with van der Waals surface area (Å²) in [6, 6.07) is 6.33. The number of nitrogens with one attached hydrogen (secondary N) is 1.